The fourth-order valence-electron chi connectivity index (χ4n) is 2.83. The van der Waals surface area contributed by atoms with Crippen LogP contribution in [0.1, 0.15) is 28.8 Å². The van der Waals surface area contributed by atoms with Crippen LogP contribution in [0, 0.1) is 0 Å². The summed E-state index contributed by atoms with van der Waals surface area (Å²) in [5, 5.41) is 0.621. The molecule has 0 atom stereocenters. The molecule has 1 aliphatic heterocycles. The molecule has 1 aliphatic rings. The molecule has 120 valence electrons. The maximum Gasteiger partial charge on any atom is 0.338 e. The molecule has 1 saturated heterocycles. The number of likely N-dealkylation sites (tertiary alicyclic amines) is 1. The Hall–Kier alpha value is -1.84. The third kappa shape index (κ3) is 4.57. The van der Waals surface area contributed by atoms with Gasteiger partial charge in [0.15, 0.2) is 0 Å². The topological polar surface area (TPSA) is 29.5 Å². The number of halogens is 1. The van der Waals surface area contributed by atoms with Gasteiger partial charge in [0.05, 0.1) is 5.56 Å². The van der Waals surface area contributed by atoms with E-state index in [0.29, 0.717) is 10.6 Å². The minimum absolute atomic E-state index is 0.00482. The number of hydrogen-bond donors (Lipinski definition) is 0. The average molecular weight is 330 g/mol. The first-order valence-corrected chi connectivity index (χ1v) is 8.31. The van der Waals surface area contributed by atoms with E-state index in [0.717, 1.165) is 32.5 Å². The molecule has 2 aromatic rings. The summed E-state index contributed by atoms with van der Waals surface area (Å²) in [5.74, 6) is -0.261. The van der Waals surface area contributed by atoms with E-state index in [1.54, 1.807) is 24.3 Å². The van der Waals surface area contributed by atoms with Crippen LogP contribution >= 0.6 is 11.6 Å². The van der Waals surface area contributed by atoms with Crippen molar-refractivity contribution in [2.75, 3.05) is 13.1 Å². The Bertz CT molecular complexity index is 634. The summed E-state index contributed by atoms with van der Waals surface area (Å²) in [4.78, 5) is 14.5. The van der Waals surface area contributed by atoms with Crippen molar-refractivity contribution in [2.45, 2.75) is 25.5 Å². The lowest BCUT2D eigenvalue weighted by Gasteiger charge is -2.31. The van der Waals surface area contributed by atoms with E-state index < -0.39 is 0 Å². The van der Waals surface area contributed by atoms with Gasteiger partial charge in [-0.15, -0.1) is 0 Å². The normalized spacial score (nSPS) is 16.2. The Balaban J connectivity index is 1.47. The van der Waals surface area contributed by atoms with Crippen molar-refractivity contribution >= 4 is 17.6 Å². The number of carbonyl (C=O) groups is 1. The quantitative estimate of drug-likeness (QED) is 0.789. The van der Waals surface area contributed by atoms with Crippen LogP contribution in [-0.2, 0) is 11.3 Å². The van der Waals surface area contributed by atoms with Crippen molar-refractivity contribution in [3.05, 3.63) is 70.7 Å². The summed E-state index contributed by atoms with van der Waals surface area (Å²) in [6.45, 7) is 2.86. The average Bonchev–Trinajstić information content (AvgIpc) is 2.58. The lowest BCUT2D eigenvalue weighted by atomic mass is 10.1. The summed E-state index contributed by atoms with van der Waals surface area (Å²) < 4.78 is 5.61. The van der Waals surface area contributed by atoms with Crippen molar-refractivity contribution in [2.24, 2.45) is 0 Å². The summed E-state index contributed by atoms with van der Waals surface area (Å²) in [5.41, 5.74) is 1.88. The van der Waals surface area contributed by atoms with Gasteiger partial charge in [0, 0.05) is 24.7 Å². The number of esters is 1. The van der Waals surface area contributed by atoms with Crippen LogP contribution in [0.4, 0.5) is 0 Å². The highest BCUT2D eigenvalue weighted by atomic mass is 35.5. The Labute approximate surface area is 141 Å². The molecule has 3 nitrogen and oxygen atoms in total. The van der Waals surface area contributed by atoms with Crippen LogP contribution in [-0.4, -0.2) is 30.1 Å². The molecule has 0 amide bonds. The Morgan fingerprint density at radius 1 is 1.04 bits per heavy atom. The fourth-order valence-corrected chi connectivity index (χ4v) is 2.96. The smallest absolute Gasteiger partial charge is 0.338 e. The van der Waals surface area contributed by atoms with E-state index in [1.807, 2.05) is 6.07 Å². The third-order valence-corrected chi connectivity index (χ3v) is 4.39. The van der Waals surface area contributed by atoms with E-state index >= 15 is 0 Å². The van der Waals surface area contributed by atoms with Crippen molar-refractivity contribution in [3.63, 3.8) is 0 Å². The Morgan fingerprint density at radius 2 is 1.70 bits per heavy atom. The van der Waals surface area contributed by atoms with Crippen molar-refractivity contribution in [1.82, 2.24) is 4.90 Å². The molecule has 0 radical (unpaired) electrons. The zero-order valence-electron chi connectivity index (χ0n) is 13.0. The van der Waals surface area contributed by atoms with Gasteiger partial charge < -0.3 is 4.74 Å². The van der Waals surface area contributed by atoms with Crippen LogP contribution in [0.5, 0.6) is 0 Å². The summed E-state index contributed by atoms with van der Waals surface area (Å²) in [6, 6.07) is 17.3. The molecule has 1 heterocycles. The highest BCUT2D eigenvalue weighted by Crippen LogP contribution is 2.18. The van der Waals surface area contributed by atoms with E-state index in [9.17, 15) is 4.79 Å². The van der Waals surface area contributed by atoms with E-state index in [4.69, 9.17) is 16.3 Å². The number of carbonyl (C=O) groups excluding carboxylic acids is 1. The van der Waals surface area contributed by atoms with Crippen LogP contribution in [0.25, 0.3) is 0 Å². The van der Waals surface area contributed by atoms with Gasteiger partial charge in [0.25, 0.3) is 0 Å². The zero-order valence-corrected chi connectivity index (χ0v) is 13.7. The van der Waals surface area contributed by atoms with Gasteiger partial charge in [-0.1, -0.05) is 41.9 Å². The first kappa shape index (κ1) is 16.0. The van der Waals surface area contributed by atoms with Gasteiger partial charge in [0.1, 0.15) is 6.10 Å². The van der Waals surface area contributed by atoms with Crippen LogP contribution in [0.2, 0.25) is 5.02 Å². The molecule has 1 fully saturated rings. The molecule has 0 unspecified atom stereocenters. The molecule has 4 heteroatoms. The monoisotopic (exact) mass is 329 g/mol. The first-order chi connectivity index (χ1) is 11.2. The fraction of sp³-hybridized carbons (Fsp3) is 0.316. The highest BCUT2D eigenvalue weighted by Gasteiger charge is 2.22. The zero-order chi connectivity index (χ0) is 16.1. The highest BCUT2D eigenvalue weighted by molar-refractivity contribution is 6.30. The molecule has 2 aromatic carbocycles. The molecule has 0 bridgehead atoms. The molecule has 0 N–H and O–H groups in total. The van der Waals surface area contributed by atoms with E-state index in [2.05, 4.69) is 29.2 Å². The SMILES string of the molecule is O=C(OC1CCN(Cc2ccccc2)CC1)c1ccc(Cl)cc1. The van der Waals surface area contributed by atoms with Crippen LogP contribution in [0.15, 0.2) is 54.6 Å². The molecule has 0 aliphatic carbocycles. The number of ether oxygens (including phenoxy) is 1. The van der Waals surface area contributed by atoms with Crippen molar-refractivity contribution < 1.29 is 9.53 Å². The first-order valence-electron chi connectivity index (χ1n) is 7.93. The Morgan fingerprint density at radius 3 is 2.35 bits per heavy atom. The minimum Gasteiger partial charge on any atom is -0.459 e. The lowest BCUT2D eigenvalue weighted by molar-refractivity contribution is 0.0104. The lowest BCUT2D eigenvalue weighted by Crippen LogP contribution is -2.37. The standard InChI is InChI=1S/C19H20ClNO2/c20-17-8-6-16(7-9-17)19(22)23-18-10-12-21(13-11-18)14-15-4-2-1-3-5-15/h1-9,18H,10-14H2. The number of hydrogen-bond acceptors (Lipinski definition) is 3. The van der Waals surface area contributed by atoms with Crippen LogP contribution < -0.4 is 0 Å². The number of rotatable bonds is 4. The Kier molecular flexibility index (Phi) is 5.31. The summed E-state index contributed by atoms with van der Waals surface area (Å²) in [6.07, 6.45) is 1.77. The number of nitrogens with zero attached hydrogens (tertiary/aromatic N) is 1. The van der Waals surface area contributed by atoms with Crippen molar-refractivity contribution in [1.29, 1.82) is 0 Å². The van der Waals surface area contributed by atoms with E-state index in [-0.39, 0.29) is 12.1 Å². The van der Waals surface area contributed by atoms with Gasteiger partial charge in [-0.3, -0.25) is 4.90 Å². The molecule has 3 rings (SSSR count). The summed E-state index contributed by atoms with van der Waals surface area (Å²) >= 11 is 5.83. The van der Waals surface area contributed by atoms with Crippen LogP contribution in [0.3, 0.4) is 0 Å². The second-order valence-corrected chi connectivity index (χ2v) is 6.31. The molecular formula is C19H20ClNO2. The van der Waals surface area contributed by atoms with Gasteiger partial charge in [-0.2, -0.15) is 0 Å². The molecule has 0 aromatic heterocycles. The molecule has 0 spiro atoms. The molecule has 0 saturated carbocycles. The summed E-state index contributed by atoms with van der Waals surface area (Å²) in [7, 11) is 0. The molecular weight excluding hydrogens is 310 g/mol. The third-order valence-electron chi connectivity index (χ3n) is 4.14. The number of benzene rings is 2. The maximum atomic E-state index is 12.1. The van der Waals surface area contributed by atoms with Crippen molar-refractivity contribution in [3.8, 4) is 0 Å². The maximum absolute atomic E-state index is 12.1. The second-order valence-electron chi connectivity index (χ2n) is 5.87. The predicted molar refractivity (Wildman–Crippen MR) is 91.6 cm³/mol. The number of piperidine rings is 1. The van der Waals surface area contributed by atoms with Gasteiger partial charge >= 0.3 is 5.97 Å². The van der Waals surface area contributed by atoms with E-state index in [1.165, 1.54) is 5.56 Å². The largest absolute Gasteiger partial charge is 0.459 e. The second kappa shape index (κ2) is 7.62. The molecule has 23 heavy (non-hydrogen) atoms. The minimum atomic E-state index is -0.261. The van der Waals surface area contributed by atoms with Gasteiger partial charge in [0.2, 0.25) is 0 Å². The van der Waals surface area contributed by atoms with Gasteiger partial charge in [-0.05, 0) is 42.7 Å². The predicted octanol–water partition coefficient (Wildman–Crippen LogP) is 4.16. The van der Waals surface area contributed by atoms with Gasteiger partial charge in [-0.25, -0.2) is 4.79 Å².